The van der Waals surface area contributed by atoms with E-state index in [9.17, 15) is 5.11 Å². The van der Waals surface area contributed by atoms with Crippen molar-refractivity contribution in [3.05, 3.63) is 69.7 Å². The second-order valence-corrected chi connectivity index (χ2v) is 7.73. The SMILES string of the molecule is CCC1C(c2ccc(Cl)cc2)NC(c2ccc(Cl)cc2)C(CC)C1O.Cl. The van der Waals surface area contributed by atoms with E-state index in [4.69, 9.17) is 23.2 Å². The van der Waals surface area contributed by atoms with Crippen molar-refractivity contribution >= 4 is 35.6 Å². The van der Waals surface area contributed by atoms with Gasteiger partial charge in [-0.1, -0.05) is 61.3 Å². The number of aliphatic hydroxyl groups is 1. The lowest BCUT2D eigenvalue weighted by molar-refractivity contribution is -0.0251. The largest absolute Gasteiger partial charge is 0.392 e. The van der Waals surface area contributed by atoms with Crippen molar-refractivity contribution in [1.29, 1.82) is 0 Å². The minimum atomic E-state index is -0.349. The van der Waals surface area contributed by atoms with Crippen molar-refractivity contribution in [2.45, 2.75) is 44.9 Å². The summed E-state index contributed by atoms with van der Waals surface area (Å²) < 4.78 is 0. The molecule has 1 saturated heterocycles. The normalized spacial score (nSPS) is 28.4. The Morgan fingerprint density at radius 1 is 0.769 bits per heavy atom. The molecule has 1 heterocycles. The lowest BCUT2D eigenvalue weighted by Crippen LogP contribution is -2.50. The van der Waals surface area contributed by atoms with Crippen molar-refractivity contribution in [1.82, 2.24) is 5.32 Å². The van der Waals surface area contributed by atoms with Crippen molar-refractivity contribution in [3.63, 3.8) is 0 Å². The molecule has 0 saturated carbocycles. The minimum Gasteiger partial charge on any atom is -0.392 e. The van der Waals surface area contributed by atoms with Gasteiger partial charge in [0.05, 0.1) is 6.10 Å². The third kappa shape index (κ3) is 4.37. The van der Waals surface area contributed by atoms with E-state index < -0.39 is 0 Å². The van der Waals surface area contributed by atoms with Crippen LogP contribution >= 0.6 is 35.6 Å². The summed E-state index contributed by atoms with van der Waals surface area (Å²) in [7, 11) is 0. The summed E-state index contributed by atoms with van der Waals surface area (Å²) in [5.74, 6) is 0.351. The molecule has 0 aromatic heterocycles. The maximum absolute atomic E-state index is 11.1. The molecule has 4 atom stereocenters. The number of hydrogen-bond donors (Lipinski definition) is 2. The third-order valence-corrected chi connectivity index (χ3v) is 6.00. The summed E-state index contributed by atoms with van der Waals surface area (Å²) in [4.78, 5) is 0. The van der Waals surface area contributed by atoms with Crippen molar-refractivity contribution in [2.24, 2.45) is 11.8 Å². The summed E-state index contributed by atoms with van der Waals surface area (Å²) in [5.41, 5.74) is 2.34. The molecular formula is C21H26Cl3NO. The first-order valence-electron chi connectivity index (χ1n) is 9.00. The fraction of sp³-hybridized carbons (Fsp3) is 0.429. The molecule has 5 heteroatoms. The van der Waals surface area contributed by atoms with Crippen LogP contribution in [0.25, 0.3) is 0 Å². The fourth-order valence-corrected chi connectivity index (χ4v) is 4.39. The van der Waals surface area contributed by atoms with Crippen molar-refractivity contribution < 1.29 is 5.11 Å². The zero-order valence-corrected chi connectivity index (χ0v) is 17.4. The van der Waals surface area contributed by atoms with Gasteiger partial charge < -0.3 is 10.4 Å². The van der Waals surface area contributed by atoms with E-state index in [1.54, 1.807) is 0 Å². The van der Waals surface area contributed by atoms with E-state index in [0.717, 1.165) is 22.9 Å². The number of halogens is 3. The molecule has 0 aliphatic carbocycles. The average Bonchev–Trinajstić information content (AvgIpc) is 2.62. The highest BCUT2D eigenvalue weighted by molar-refractivity contribution is 6.30. The molecule has 2 nitrogen and oxygen atoms in total. The molecule has 142 valence electrons. The topological polar surface area (TPSA) is 32.3 Å². The predicted octanol–water partition coefficient (Wildman–Crippen LogP) is 6.21. The van der Waals surface area contributed by atoms with Gasteiger partial charge in [0, 0.05) is 34.0 Å². The molecule has 3 rings (SSSR count). The Hall–Kier alpha value is -0.770. The minimum absolute atomic E-state index is 0. The molecule has 1 fully saturated rings. The Morgan fingerprint density at radius 2 is 1.12 bits per heavy atom. The summed E-state index contributed by atoms with van der Waals surface area (Å²) >= 11 is 12.1. The zero-order chi connectivity index (χ0) is 18.0. The maximum Gasteiger partial charge on any atom is 0.0632 e. The average molecular weight is 415 g/mol. The molecule has 0 amide bonds. The van der Waals surface area contributed by atoms with E-state index >= 15 is 0 Å². The second-order valence-electron chi connectivity index (χ2n) is 6.86. The summed E-state index contributed by atoms with van der Waals surface area (Å²) in [6, 6.07) is 16.1. The number of piperidine rings is 1. The van der Waals surface area contributed by atoms with E-state index in [1.807, 2.05) is 24.3 Å². The fourth-order valence-electron chi connectivity index (χ4n) is 4.13. The van der Waals surface area contributed by atoms with Gasteiger partial charge in [-0.3, -0.25) is 0 Å². The smallest absolute Gasteiger partial charge is 0.0632 e. The monoisotopic (exact) mass is 413 g/mol. The van der Waals surface area contributed by atoms with Crippen LogP contribution in [-0.2, 0) is 0 Å². The van der Waals surface area contributed by atoms with E-state index in [0.29, 0.717) is 0 Å². The quantitative estimate of drug-likeness (QED) is 0.623. The van der Waals surface area contributed by atoms with Gasteiger partial charge >= 0.3 is 0 Å². The Balaban J connectivity index is 0.00000243. The highest BCUT2D eigenvalue weighted by Gasteiger charge is 2.42. The van der Waals surface area contributed by atoms with Crippen LogP contribution in [0.1, 0.15) is 49.9 Å². The molecule has 4 unspecified atom stereocenters. The van der Waals surface area contributed by atoms with Crippen LogP contribution in [0.4, 0.5) is 0 Å². The molecular weight excluding hydrogens is 389 g/mol. The molecule has 0 spiro atoms. The lowest BCUT2D eigenvalue weighted by atomic mass is 9.71. The summed E-state index contributed by atoms with van der Waals surface area (Å²) in [6.45, 7) is 4.29. The Kier molecular flexibility index (Phi) is 7.81. The van der Waals surface area contributed by atoms with Crippen LogP contribution < -0.4 is 5.32 Å². The van der Waals surface area contributed by atoms with Crippen LogP contribution in [0.15, 0.2) is 48.5 Å². The number of aliphatic hydroxyl groups excluding tert-OH is 1. The van der Waals surface area contributed by atoms with Gasteiger partial charge in [-0.05, 0) is 48.2 Å². The summed E-state index contributed by atoms with van der Waals surface area (Å²) in [5, 5.41) is 16.4. The van der Waals surface area contributed by atoms with Gasteiger partial charge in [-0.25, -0.2) is 0 Å². The van der Waals surface area contributed by atoms with Gasteiger partial charge in [0.15, 0.2) is 0 Å². The molecule has 1 aliphatic rings. The van der Waals surface area contributed by atoms with Gasteiger partial charge in [0.2, 0.25) is 0 Å². The van der Waals surface area contributed by atoms with Crippen LogP contribution in [0, 0.1) is 11.8 Å². The second kappa shape index (κ2) is 9.43. The van der Waals surface area contributed by atoms with Gasteiger partial charge in [-0.15, -0.1) is 12.4 Å². The molecule has 0 bridgehead atoms. The van der Waals surface area contributed by atoms with E-state index in [-0.39, 0.29) is 42.4 Å². The number of benzene rings is 2. The standard InChI is InChI=1S/C21H25Cl2NO.ClH/c1-3-17-19(13-5-9-15(22)10-6-13)24-20(18(4-2)21(17)25)14-7-11-16(23)12-8-14;/h5-12,17-21,24-25H,3-4H2,1-2H3;1H. The van der Waals surface area contributed by atoms with E-state index in [2.05, 4.69) is 43.4 Å². The Bertz CT molecular complexity index is 630. The Labute approximate surface area is 172 Å². The molecule has 0 radical (unpaired) electrons. The van der Waals surface area contributed by atoms with Crippen LogP contribution in [0.5, 0.6) is 0 Å². The predicted molar refractivity (Wildman–Crippen MR) is 112 cm³/mol. The number of rotatable bonds is 4. The van der Waals surface area contributed by atoms with Crippen LogP contribution in [-0.4, -0.2) is 11.2 Å². The number of hydrogen-bond acceptors (Lipinski definition) is 2. The molecule has 2 aromatic rings. The van der Waals surface area contributed by atoms with Gasteiger partial charge in [-0.2, -0.15) is 0 Å². The first kappa shape index (κ1) is 21.5. The van der Waals surface area contributed by atoms with Crippen molar-refractivity contribution in [3.8, 4) is 0 Å². The highest BCUT2D eigenvalue weighted by atomic mass is 35.5. The first-order valence-corrected chi connectivity index (χ1v) is 9.75. The zero-order valence-electron chi connectivity index (χ0n) is 15.0. The lowest BCUT2D eigenvalue weighted by Gasteiger charge is -2.46. The summed E-state index contributed by atoms with van der Waals surface area (Å²) in [6.07, 6.45) is 1.49. The maximum atomic E-state index is 11.1. The van der Waals surface area contributed by atoms with Gasteiger partial charge in [0.1, 0.15) is 0 Å². The first-order chi connectivity index (χ1) is 12.0. The number of nitrogens with one attached hydrogen (secondary N) is 1. The van der Waals surface area contributed by atoms with Gasteiger partial charge in [0.25, 0.3) is 0 Å². The van der Waals surface area contributed by atoms with Crippen LogP contribution in [0.2, 0.25) is 10.0 Å². The molecule has 2 aromatic carbocycles. The van der Waals surface area contributed by atoms with E-state index in [1.165, 1.54) is 11.1 Å². The van der Waals surface area contributed by atoms with Crippen molar-refractivity contribution in [2.75, 3.05) is 0 Å². The molecule has 26 heavy (non-hydrogen) atoms. The molecule has 2 N–H and O–H groups in total. The highest BCUT2D eigenvalue weighted by Crippen LogP contribution is 2.43. The van der Waals surface area contributed by atoms with Crippen LogP contribution in [0.3, 0.4) is 0 Å². The third-order valence-electron chi connectivity index (χ3n) is 5.49. The Morgan fingerprint density at radius 3 is 1.42 bits per heavy atom. The molecule has 1 aliphatic heterocycles.